The lowest BCUT2D eigenvalue weighted by molar-refractivity contribution is 0.242. The third-order valence-corrected chi connectivity index (χ3v) is 3.01. The summed E-state index contributed by atoms with van der Waals surface area (Å²) in [4.78, 5) is 2.66. The summed E-state index contributed by atoms with van der Waals surface area (Å²) in [5.41, 5.74) is 0. The van der Waals surface area contributed by atoms with Gasteiger partial charge in [-0.05, 0) is 44.2 Å². The molecule has 0 N–H and O–H groups in total. The molecular weight excluding hydrogens is 158 g/mol. The standard InChI is InChI=1S/C12H25N/c1-11(2)7-9-13-8-5-4-6-12(3)10-13/h11-12H,4-10H2,1-3H3. The van der Waals surface area contributed by atoms with E-state index in [4.69, 9.17) is 0 Å². The minimum atomic E-state index is 0.860. The minimum absolute atomic E-state index is 0.860. The molecule has 0 bridgehead atoms. The second-order valence-electron chi connectivity index (χ2n) is 5.08. The van der Waals surface area contributed by atoms with Gasteiger partial charge in [0.1, 0.15) is 0 Å². The van der Waals surface area contributed by atoms with E-state index in [0.717, 1.165) is 11.8 Å². The largest absolute Gasteiger partial charge is 0.303 e. The summed E-state index contributed by atoms with van der Waals surface area (Å²) >= 11 is 0. The van der Waals surface area contributed by atoms with E-state index < -0.39 is 0 Å². The lowest BCUT2D eigenvalue weighted by Gasteiger charge is -2.23. The van der Waals surface area contributed by atoms with Crippen LogP contribution >= 0.6 is 0 Å². The second-order valence-corrected chi connectivity index (χ2v) is 5.08. The fourth-order valence-electron chi connectivity index (χ4n) is 2.10. The number of likely N-dealkylation sites (tertiary alicyclic amines) is 1. The zero-order chi connectivity index (χ0) is 9.68. The topological polar surface area (TPSA) is 3.24 Å². The van der Waals surface area contributed by atoms with Crippen molar-refractivity contribution >= 4 is 0 Å². The van der Waals surface area contributed by atoms with Crippen LogP contribution in [0, 0.1) is 11.8 Å². The molecule has 78 valence electrons. The summed E-state index contributed by atoms with van der Waals surface area (Å²) in [6.45, 7) is 11.0. The predicted molar refractivity (Wildman–Crippen MR) is 58.9 cm³/mol. The summed E-state index contributed by atoms with van der Waals surface area (Å²) in [5, 5.41) is 0. The molecule has 0 aromatic carbocycles. The maximum Gasteiger partial charge on any atom is 0.000702 e. The van der Waals surface area contributed by atoms with Gasteiger partial charge < -0.3 is 4.90 Å². The van der Waals surface area contributed by atoms with Gasteiger partial charge in [0.2, 0.25) is 0 Å². The molecule has 1 atom stereocenters. The van der Waals surface area contributed by atoms with Crippen LogP contribution in [0.5, 0.6) is 0 Å². The Labute approximate surface area is 83.5 Å². The molecule has 0 saturated carbocycles. The lowest BCUT2D eigenvalue weighted by atomic mass is 10.1. The lowest BCUT2D eigenvalue weighted by Crippen LogP contribution is -2.29. The van der Waals surface area contributed by atoms with Crippen LogP contribution in [0.3, 0.4) is 0 Å². The van der Waals surface area contributed by atoms with Gasteiger partial charge in [-0.25, -0.2) is 0 Å². The van der Waals surface area contributed by atoms with Gasteiger partial charge in [0.15, 0.2) is 0 Å². The molecule has 1 rings (SSSR count). The van der Waals surface area contributed by atoms with Gasteiger partial charge in [-0.3, -0.25) is 0 Å². The summed E-state index contributed by atoms with van der Waals surface area (Å²) < 4.78 is 0. The van der Waals surface area contributed by atoms with Crippen molar-refractivity contribution in [2.24, 2.45) is 11.8 Å². The van der Waals surface area contributed by atoms with Crippen molar-refractivity contribution < 1.29 is 0 Å². The summed E-state index contributed by atoms with van der Waals surface area (Å²) in [5.74, 6) is 1.79. The molecule has 1 aliphatic rings. The first-order valence-electron chi connectivity index (χ1n) is 5.91. The number of nitrogens with zero attached hydrogens (tertiary/aromatic N) is 1. The summed E-state index contributed by atoms with van der Waals surface area (Å²) in [7, 11) is 0. The van der Waals surface area contributed by atoms with E-state index in [-0.39, 0.29) is 0 Å². The molecule has 1 saturated heterocycles. The smallest absolute Gasteiger partial charge is 0.000702 e. The zero-order valence-corrected chi connectivity index (χ0v) is 9.55. The highest BCUT2D eigenvalue weighted by atomic mass is 15.1. The zero-order valence-electron chi connectivity index (χ0n) is 9.55. The van der Waals surface area contributed by atoms with Crippen LogP contribution in [0.1, 0.15) is 46.5 Å². The average Bonchev–Trinajstić information content (AvgIpc) is 2.26. The Bertz CT molecular complexity index is 131. The van der Waals surface area contributed by atoms with Crippen molar-refractivity contribution in [1.29, 1.82) is 0 Å². The van der Waals surface area contributed by atoms with Crippen molar-refractivity contribution in [3.8, 4) is 0 Å². The number of rotatable bonds is 3. The first-order chi connectivity index (χ1) is 6.18. The first kappa shape index (κ1) is 11.0. The summed E-state index contributed by atoms with van der Waals surface area (Å²) in [6.07, 6.45) is 5.67. The number of hydrogen-bond acceptors (Lipinski definition) is 1. The third-order valence-electron chi connectivity index (χ3n) is 3.01. The fourth-order valence-corrected chi connectivity index (χ4v) is 2.10. The van der Waals surface area contributed by atoms with Gasteiger partial charge in [0, 0.05) is 6.54 Å². The van der Waals surface area contributed by atoms with Crippen LogP contribution in [0.2, 0.25) is 0 Å². The average molecular weight is 183 g/mol. The fraction of sp³-hybridized carbons (Fsp3) is 1.00. The first-order valence-corrected chi connectivity index (χ1v) is 5.91. The molecule has 1 heteroatoms. The van der Waals surface area contributed by atoms with E-state index in [9.17, 15) is 0 Å². The van der Waals surface area contributed by atoms with Crippen molar-refractivity contribution in [3.63, 3.8) is 0 Å². The monoisotopic (exact) mass is 183 g/mol. The van der Waals surface area contributed by atoms with Crippen molar-refractivity contribution in [3.05, 3.63) is 0 Å². The van der Waals surface area contributed by atoms with Crippen molar-refractivity contribution in [2.75, 3.05) is 19.6 Å². The van der Waals surface area contributed by atoms with E-state index in [1.54, 1.807) is 0 Å². The van der Waals surface area contributed by atoms with Gasteiger partial charge >= 0.3 is 0 Å². The Balaban J connectivity index is 2.22. The third kappa shape index (κ3) is 4.66. The van der Waals surface area contributed by atoms with Gasteiger partial charge in [-0.2, -0.15) is 0 Å². The van der Waals surface area contributed by atoms with Crippen molar-refractivity contribution in [2.45, 2.75) is 46.5 Å². The predicted octanol–water partition coefficient (Wildman–Crippen LogP) is 3.15. The molecule has 0 spiro atoms. The van der Waals surface area contributed by atoms with Crippen molar-refractivity contribution in [1.82, 2.24) is 4.90 Å². The Morgan fingerprint density at radius 1 is 1.31 bits per heavy atom. The number of hydrogen-bond donors (Lipinski definition) is 0. The molecule has 1 unspecified atom stereocenters. The van der Waals surface area contributed by atoms with E-state index in [2.05, 4.69) is 25.7 Å². The maximum atomic E-state index is 2.66. The molecule has 0 amide bonds. The van der Waals surface area contributed by atoms with Crippen LogP contribution < -0.4 is 0 Å². The van der Waals surface area contributed by atoms with Gasteiger partial charge in [0.25, 0.3) is 0 Å². The van der Waals surface area contributed by atoms with Crippen LogP contribution in [-0.2, 0) is 0 Å². The molecule has 0 radical (unpaired) electrons. The molecule has 13 heavy (non-hydrogen) atoms. The molecule has 1 fully saturated rings. The van der Waals surface area contributed by atoms with E-state index in [1.165, 1.54) is 45.3 Å². The summed E-state index contributed by atoms with van der Waals surface area (Å²) in [6, 6.07) is 0. The Morgan fingerprint density at radius 2 is 2.08 bits per heavy atom. The highest BCUT2D eigenvalue weighted by Gasteiger charge is 2.14. The molecule has 0 aromatic heterocycles. The highest BCUT2D eigenvalue weighted by molar-refractivity contribution is 4.68. The molecule has 1 heterocycles. The SMILES string of the molecule is CC(C)CCN1CCCCC(C)C1. The Hall–Kier alpha value is -0.0400. The molecule has 1 aliphatic heterocycles. The van der Waals surface area contributed by atoms with E-state index in [0.29, 0.717) is 0 Å². The van der Waals surface area contributed by atoms with Crippen LogP contribution in [0.4, 0.5) is 0 Å². The Morgan fingerprint density at radius 3 is 2.77 bits per heavy atom. The molecule has 1 nitrogen and oxygen atoms in total. The maximum absolute atomic E-state index is 2.66. The van der Waals surface area contributed by atoms with Gasteiger partial charge in [-0.1, -0.05) is 27.2 Å². The minimum Gasteiger partial charge on any atom is -0.303 e. The molecule has 0 aliphatic carbocycles. The quantitative estimate of drug-likeness (QED) is 0.649. The normalized spacial score (nSPS) is 26.3. The van der Waals surface area contributed by atoms with E-state index >= 15 is 0 Å². The highest BCUT2D eigenvalue weighted by Crippen LogP contribution is 2.16. The van der Waals surface area contributed by atoms with Crippen LogP contribution in [0.25, 0.3) is 0 Å². The van der Waals surface area contributed by atoms with Crippen LogP contribution in [-0.4, -0.2) is 24.5 Å². The molecular formula is C12H25N. The Kier molecular flexibility index (Phi) is 4.79. The molecule has 0 aromatic rings. The van der Waals surface area contributed by atoms with Gasteiger partial charge in [0.05, 0.1) is 0 Å². The van der Waals surface area contributed by atoms with E-state index in [1.807, 2.05) is 0 Å². The second kappa shape index (κ2) is 5.64. The van der Waals surface area contributed by atoms with Crippen LogP contribution in [0.15, 0.2) is 0 Å². The van der Waals surface area contributed by atoms with Gasteiger partial charge in [-0.15, -0.1) is 0 Å².